The monoisotopic (exact) mass is 406 g/mol. The summed E-state index contributed by atoms with van der Waals surface area (Å²) in [5, 5.41) is 9.77. The van der Waals surface area contributed by atoms with Crippen LogP contribution in [0, 0.1) is 12.8 Å². The zero-order chi connectivity index (χ0) is 20.5. The van der Waals surface area contributed by atoms with Crippen molar-refractivity contribution in [1.29, 1.82) is 0 Å². The molecular formula is C23H30N6O. The average Bonchev–Trinajstić information content (AvgIpc) is 3.17. The van der Waals surface area contributed by atoms with Gasteiger partial charge in [0.25, 0.3) is 0 Å². The fourth-order valence-corrected chi connectivity index (χ4v) is 5.30. The normalized spacial score (nSPS) is 30.2. The molecule has 158 valence electrons. The van der Waals surface area contributed by atoms with Crippen LogP contribution in [-0.4, -0.2) is 29.6 Å². The molecule has 1 saturated heterocycles. The molecule has 2 fully saturated rings. The molecule has 1 aromatic heterocycles. The van der Waals surface area contributed by atoms with Gasteiger partial charge >= 0.3 is 6.03 Å². The summed E-state index contributed by atoms with van der Waals surface area (Å²) < 4.78 is 0. The summed E-state index contributed by atoms with van der Waals surface area (Å²) in [5.74, 6) is 0.530. The van der Waals surface area contributed by atoms with Crippen molar-refractivity contribution in [3.8, 4) is 0 Å². The van der Waals surface area contributed by atoms with Crippen molar-refractivity contribution < 1.29 is 4.79 Å². The number of aryl methyl sites for hydroxylation is 1. The van der Waals surface area contributed by atoms with Crippen LogP contribution in [0.2, 0.25) is 0 Å². The molecule has 0 radical (unpaired) electrons. The quantitative estimate of drug-likeness (QED) is 0.539. The molecule has 5 unspecified atom stereocenters. The van der Waals surface area contributed by atoms with E-state index in [4.69, 9.17) is 0 Å². The first-order valence-electron chi connectivity index (χ1n) is 11.0. The zero-order valence-electron chi connectivity index (χ0n) is 17.3. The molecule has 5 rings (SSSR count). The van der Waals surface area contributed by atoms with Gasteiger partial charge in [-0.25, -0.2) is 10.2 Å². The number of aromatic nitrogens is 1. The molecule has 2 amide bonds. The lowest BCUT2D eigenvalue weighted by atomic mass is 9.77. The van der Waals surface area contributed by atoms with Gasteiger partial charge in [-0.2, -0.15) is 0 Å². The third-order valence-corrected chi connectivity index (χ3v) is 6.77. The van der Waals surface area contributed by atoms with E-state index in [2.05, 4.69) is 56.1 Å². The van der Waals surface area contributed by atoms with Crippen molar-refractivity contribution in [1.82, 2.24) is 31.8 Å². The number of fused-ring (bicyclic) bond motifs is 2. The third kappa shape index (κ3) is 3.93. The lowest BCUT2D eigenvalue weighted by Gasteiger charge is -2.34. The molecular weight excluding hydrogens is 376 g/mol. The van der Waals surface area contributed by atoms with Gasteiger partial charge in [-0.05, 0) is 60.9 Å². The van der Waals surface area contributed by atoms with Gasteiger partial charge in [0.1, 0.15) is 0 Å². The topological polar surface area (TPSA) is 90.1 Å². The summed E-state index contributed by atoms with van der Waals surface area (Å²) in [6, 6.07) is 13.4. The van der Waals surface area contributed by atoms with E-state index in [1.165, 1.54) is 16.7 Å². The first-order chi connectivity index (χ1) is 14.7. The number of benzene rings is 1. The number of nitrogens with one attached hydrogen (secondary N) is 5. The second-order valence-electron chi connectivity index (χ2n) is 8.78. The van der Waals surface area contributed by atoms with Crippen molar-refractivity contribution >= 4 is 6.03 Å². The van der Waals surface area contributed by atoms with Crippen LogP contribution in [0.3, 0.4) is 0 Å². The summed E-state index contributed by atoms with van der Waals surface area (Å²) in [4.78, 5) is 17.0. The highest BCUT2D eigenvalue weighted by molar-refractivity contribution is 5.75. The fourth-order valence-electron chi connectivity index (χ4n) is 5.30. The van der Waals surface area contributed by atoms with E-state index in [0.29, 0.717) is 18.0 Å². The van der Waals surface area contributed by atoms with Gasteiger partial charge < -0.3 is 16.0 Å². The predicted octanol–water partition coefficient (Wildman–Crippen LogP) is 2.22. The molecule has 3 heterocycles. The maximum Gasteiger partial charge on any atom is 0.315 e. The number of hydrogen-bond acceptors (Lipinski definition) is 5. The second kappa shape index (κ2) is 8.34. The Labute approximate surface area is 177 Å². The van der Waals surface area contributed by atoms with Gasteiger partial charge in [0.2, 0.25) is 0 Å². The Morgan fingerprint density at radius 3 is 2.93 bits per heavy atom. The minimum atomic E-state index is -0.0748. The molecule has 7 nitrogen and oxygen atoms in total. The Bertz CT molecular complexity index is 918. The van der Waals surface area contributed by atoms with E-state index in [-0.39, 0.29) is 18.1 Å². The Balaban J connectivity index is 1.17. The van der Waals surface area contributed by atoms with Gasteiger partial charge in [-0.15, -0.1) is 0 Å². The highest BCUT2D eigenvalue weighted by Gasteiger charge is 2.41. The van der Waals surface area contributed by atoms with Gasteiger partial charge in [0.15, 0.2) is 0 Å². The molecule has 7 heteroatoms. The van der Waals surface area contributed by atoms with Crippen molar-refractivity contribution in [2.45, 2.75) is 56.9 Å². The summed E-state index contributed by atoms with van der Waals surface area (Å²) >= 11 is 0. The molecule has 3 aliphatic rings. The predicted molar refractivity (Wildman–Crippen MR) is 115 cm³/mol. The lowest BCUT2D eigenvalue weighted by molar-refractivity contribution is 0.216. The van der Waals surface area contributed by atoms with Crippen LogP contribution in [0.25, 0.3) is 0 Å². The molecule has 5 N–H and O–H groups in total. The maximum absolute atomic E-state index is 12.7. The van der Waals surface area contributed by atoms with E-state index >= 15 is 0 Å². The largest absolute Gasteiger partial charge is 0.335 e. The van der Waals surface area contributed by atoms with Crippen LogP contribution >= 0.6 is 0 Å². The Hall–Kier alpha value is -2.48. The minimum Gasteiger partial charge on any atom is -0.335 e. The number of carbonyl (C=O) groups excluding carboxylic acids is 1. The average molecular weight is 407 g/mol. The van der Waals surface area contributed by atoms with Crippen molar-refractivity contribution in [2.75, 3.05) is 6.54 Å². The van der Waals surface area contributed by atoms with Crippen LogP contribution < -0.4 is 26.8 Å². The van der Waals surface area contributed by atoms with E-state index in [1.807, 2.05) is 25.3 Å². The number of amides is 2. The van der Waals surface area contributed by atoms with Crippen molar-refractivity contribution in [3.05, 3.63) is 65.0 Å². The van der Waals surface area contributed by atoms with Crippen LogP contribution in [0.4, 0.5) is 4.79 Å². The molecule has 0 bridgehead atoms. The second-order valence-corrected chi connectivity index (χ2v) is 8.78. The molecule has 0 spiro atoms. The number of nitrogens with zero attached hydrogens (tertiary/aromatic N) is 1. The molecule has 5 atom stereocenters. The van der Waals surface area contributed by atoms with Gasteiger partial charge in [0.05, 0.1) is 12.1 Å². The SMILES string of the molecule is Cc1cc(C2NNC3CC(NC(=O)NC4CNCc5ccccc54)CCC32)ccn1. The zero-order valence-corrected chi connectivity index (χ0v) is 17.3. The van der Waals surface area contributed by atoms with Crippen molar-refractivity contribution in [2.24, 2.45) is 5.92 Å². The Morgan fingerprint density at radius 1 is 1.13 bits per heavy atom. The minimum absolute atomic E-state index is 0.0110. The van der Waals surface area contributed by atoms with Crippen LogP contribution in [-0.2, 0) is 6.54 Å². The smallest absolute Gasteiger partial charge is 0.315 e. The lowest BCUT2D eigenvalue weighted by Crippen LogP contribution is -2.50. The summed E-state index contributed by atoms with van der Waals surface area (Å²) in [5.41, 5.74) is 11.8. The Morgan fingerprint density at radius 2 is 2.03 bits per heavy atom. The molecule has 1 aliphatic carbocycles. The number of hydrazine groups is 1. The molecule has 30 heavy (non-hydrogen) atoms. The standard InChI is InChI=1S/C23H30N6O/c1-14-10-15(8-9-25-14)22-19-7-6-17(11-20(19)28-29-22)26-23(30)27-21-13-24-12-16-4-2-3-5-18(16)21/h2-5,8-10,17,19-22,24,28-29H,6-7,11-13H2,1H3,(H2,26,27,30). The van der Waals surface area contributed by atoms with Crippen LogP contribution in [0.1, 0.15) is 53.7 Å². The first kappa shape index (κ1) is 19.5. The van der Waals surface area contributed by atoms with Gasteiger partial charge in [-0.3, -0.25) is 10.4 Å². The number of pyridine rings is 1. The van der Waals surface area contributed by atoms with Crippen LogP contribution in [0.15, 0.2) is 42.6 Å². The summed E-state index contributed by atoms with van der Waals surface area (Å²) in [7, 11) is 0. The highest BCUT2D eigenvalue weighted by Crippen LogP contribution is 2.38. The number of hydrogen-bond donors (Lipinski definition) is 5. The molecule has 2 aromatic rings. The summed E-state index contributed by atoms with van der Waals surface area (Å²) in [6.45, 7) is 3.65. The molecule has 1 saturated carbocycles. The number of carbonyl (C=O) groups is 1. The number of rotatable bonds is 3. The van der Waals surface area contributed by atoms with Crippen molar-refractivity contribution in [3.63, 3.8) is 0 Å². The summed E-state index contributed by atoms with van der Waals surface area (Å²) in [6.07, 6.45) is 4.90. The first-order valence-corrected chi connectivity index (χ1v) is 11.0. The maximum atomic E-state index is 12.7. The van der Waals surface area contributed by atoms with Crippen LogP contribution in [0.5, 0.6) is 0 Å². The number of urea groups is 1. The van der Waals surface area contributed by atoms with E-state index in [9.17, 15) is 4.79 Å². The van der Waals surface area contributed by atoms with E-state index < -0.39 is 0 Å². The van der Waals surface area contributed by atoms with Gasteiger partial charge in [0, 0.05) is 37.1 Å². The fraction of sp³-hybridized carbons (Fsp3) is 0.478. The third-order valence-electron chi connectivity index (χ3n) is 6.77. The molecule has 1 aromatic carbocycles. The Kier molecular flexibility index (Phi) is 5.41. The van der Waals surface area contributed by atoms with E-state index in [1.54, 1.807) is 0 Å². The molecule has 2 aliphatic heterocycles. The van der Waals surface area contributed by atoms with E-state index in [0.717, 1.165) is 38.0 Å². The highest BCUT2D eigenvalue weighted by atomic mass is 16.2. The van der Waals surface area contributed by atoms with Gasteiger partial charge in [-0.1, -0.05) is 24.3 Å².